The van der Waals surface area contributed by atoms with E-state index in [1.54, 1.807) is 13.3 Å². The summed E-state index contributed by atoms with van der Waals surface area (Å²) in [4.78, 5) is 8.33. The van der Waals surface area contributed by atoms with Gasteiger partial charge in [0.1, 0.15) is 36.7 Å². The van der Waals surface area contributed by atoms with Crippen LogP contribution < -0.4 is 20.1 Å². The van der Waals surface area contributed by atoms with E-state index in [4.69, 9.17) is 14.2 Å². The summed E-state index contributed by atoms with van der Waals surface area (Å²) in [5.74, 6) is 2.23. The van der Waals surface area contributed by atoms with Crippen LogP contribution in [0.25, 0.3) is 0 Å². The molecule has 0 saturated heterocycles. The van der Waals surface area contributed by atoms with Gasteiger partial charge in [-0.25, -0.2) is 9.97 Å². The molecule has 7 nitrogen and oxygen atoms in total. The normalized spacial score (nSPS) is 15.7. The lowest BCUT2D eigenvalue weighted by atomic mass is 10.1. The first-order valence-corrected chi connectivity index (χ1v) is 9.51. The van der Waals surface area contributed by atoms with Crippen LogP contribution in [0.1, 0.15) is 25.6 Å². The number of methoxy groups -OCH3 is 1. The first-order valence-electron chi connectivity index (χ1n) is 9.51. The number of hydrogen-bond donors (Lipinski definition) is 2. The molecule has 7 heteroatoms. The molecule has 1 unspecified atom stereocenters. The molecule has 0 fully saturated rings. The number of aromatic nitrogens is 2. The highest BCUT2D eigenvalue weighted by atomic mass is 16.5. The van der Waals surface area contributed by atoms with E-state index in [1.165, 1.54) is 6.33 Å². The molecule has 0 amide bonds. The van der Waals surface area contributed by atoms with Crippen molar-refractivity contribution in [2.75, 3.05) is 24.4 Å². The Hall–Kier alpha value is -3.32. The number of fused-ring (bicyclic) bond motifs is 1. The molecular weight excluding hydrogens is 368 g/mol. The lowest BCUT2D eigenvalue weighted by Crippen LogP contribution is -2.18. The number of nitrogens with one attached hydrogen (secondary N) is 2. The summed E-state index contributed by atoms with van der Waals surface area (Å²) < 4.78 is 17.3. The van der Waals surface area contributed by atoms with Gasteiger partial charge >= 0.3 is 0 Å². The van der Waals surface area contributed by atoms with Gasteiger partial charge in [0.05, 0.1) is 18.5 Å². The quantitative estimate of drug-likeness (QED) is 0.591. The Labute approximate surface area is 171 Å². The van der Waals surface area contributed by atoms with E-state index in [9.17, 15) is 0 Å². The Bertz CT molecular complexity index is 933. The third kappa shape index (κ3) is 4.75. The molecular formula is C22H26N4O3. The van der Waals surface area contributed by atoms with Crippen molar-refractivity contribution in [3.05, 3.63) is 72.2 Å². The molecule has 29 heavy (non-hydrogen) atoms. The summed E-state index contributed by atoms with van der Waals surface area (Å²) in [5.41, 5.74) is 2.95. The van der Waals surface area contributed by atoms with Gasteiger partial charge < -0.3 is 24.8 Å². The smallest absolute Gasteiger partial charge is 0.154 e. The second-order valence-electron chi connectivity index (χ2n) is 6.90. The van der Waals surface area contributed by atoms with E-state index in [1.807, 2.05) is 55.5 Å². The lowest BCUT2D eigenvalue weighted by Gasteiger charge is -2.19. The Balaban J connectivity index is 0.00000256. The Morgan fingerprint density at radius 1 is 1.10 bits per heavy atom. The van der Waals surface area contributed by atoms with Crippen LogP contribution in [0.4, 0.5) is 11.5 Å². The van der Waals surface area contributed by atoms with Crippen molar-refractivity contribution < 1.29 is 15.6 Å². The van der Waals surface area contributed by atoms with Crippen molar-refractivity contribution in [2.24, 2.45) is 0 Å². The third-order valence-corrected chi connectivity index (χ3v) is 4.52. The zero-order chi connectivity index (χ0) is 20.1. The minimum absolute atomic E-state index is 0. The minimum Gasteiger partial charge on any atom is -0.489 e. The monoisotopic (exact) mass is 394 g/mol. The highest BCUT2D eigenvalue weighted by Gasteiger charge is 2.23. The first kappa shape index (κ1) is 19.0. The van der Waals surface area contributed by atoms with Crippen LogP contribution in [-0.4, -0.2) is 29.8 Å². The number of ether oxygens (including phenoxy) is 3. The molecule has 2 atom stereocenters. The molecule has 2 aromatic carbocycles. The highest BCUT2D eigenvalue weighted by Crippen LogP contribution is 2.35. The molecule has 0 radical (unpaired) electrons. The largest absolute Gasteiger partial charge is 0.489 e. The summed E-state index contributed by atoms with van der Waals surface area (Å²) in [6.45, 7) is 2.96. The van der Waals surface area contributed by atoms with Crippen molar-refractivity contribution >= 4 is 11.5 Å². The van der Waals surface area contributed by atoms with Crippen LogP contribution in [-0.2, 0) is 11.3 Å². The fourth-order valence-corrected chi connectivity index (χ4v) is 3.20. The number of rotatable bonds is 8. The molecule has 1 aliphatic heterocycles. The summed E-state index contributed by atoms with van der Waals surface area (Å²) >= 11 is 0. The predicted molar refractivity (Wildman–Crippen MR) is 113 cm³/mol. The van der Waals surface area contributed by atoms with Crippen LogP contribution in [0.15, 0.2) is 61.1 Å². The highest BCUT2D eigenvalue weighted by molar-refractivity contribution is 5.70. The van der Waals surface area contributed by atoms with E-state index in [2.05, 4.69) is 20.6 Å². The van der Waals surface area contributed by atoms with E-state index in [0.717, 1.165) is 34.1 Å². The molecule has 4 rings (SSSR count). The van der Waals surface area contributed by atoms with Crippen molar-refractivity contribution in [3.8, 4) is 11.5 Å². The maximum absolute atomic E-state index is 6.06. The number of anilines is 2. The van der Waals surface area contributed by atoms with Crippen molar-refractivity contribution in [1.29, 1.82) is 0 Å². The number of benzene rings is 2. The Morgan fingerprint density at radius 2 is 1.93 bits per heavy atom. The van der Waals surface area contributed by atoms with Crippen LogP contribution in [0.2, 0.25) is 0 Å². The van der Waals surface area contributed by atoms with Gasteiger partial charge in [0.15, 0.2) is 5.82 Å². The standard InChI is InChI=1S/C22H24N4O3.H2/c1-15(12-27-2)29-19-9-17(21-25-20-11-23-14-24-22(20)26-21)8-18(10-19)28-13-16-6-4-3-5-7-16;/h3-11,14-15,21,25H,12-13H2,1-2H3,(H,23,24,26);1H/t15-,21?;/m0./s1. The molecule has 0 aliphatic carbocycles. The first-order chi connectivity index (χ1) is 14.2. The maximum atomic E-state index is 6.06. The fraction of sp³-hybridized carbons (Fsp3) is 0.273. The summed E-state index contributed by atoms with van der Waals surface area (Å²) in [7, 11) is 1.66. The van der Waals surface area contributed by atoms with Gasteiger partial charge in [-0.15, -0.1) is 0 Å². The maximum Gasteiger partial charge on any atom is 0.154 e. The summed E-state index contributed by atoms with van der Waals surface area (Å²) in [6, 6.07) is 16.0. The fourth-order valence-electron chi connectivity index (χ4n) is 3.20. The molecule has 1 aromatic heterocycles. The van der Waals surface area contributed by atoms with Gasteiger partial charge in [0.2, 0.25) is 0 Å². The summed E-state index contributed by atoms with van der Waals surface area (Å²) in [5, 5.41) is 6.74. The SMILES string of the molecule is COC[C@H](C)Oc1cc(OCc2ccccc2)cc(C2Nc3cncnc3N2)c1.[HH]. The van der Waals surface area contributed by atoms with Crippen LogP contribution >= 0.6 is 0 Å². The topological polar surface area (TPSA) is 77.5 Å². The van der Waals surface area contributed by atoms with Gasteiger partial charge in [-0.1, -0.05) is 30.3 Å². The van der Waals surface area contributed by atoms with Gasteiger partial charge in [-0.05, 0) is 24.6 Å². The molecule has 152 valence electrons. The second kappa shape index (κ2) is 8.79. The van der Waals surface area contributed by atoms with E-state index in [0.29, 0.717) is 13.2 Å². The Morgan fingerprint density at radius 3 is 2.72 bits per heavy atom. The zero-order valence-corrected chi connectivity index (χ0v) is 16.5. The zero-order valence-electron chi connectivity index (χ0n) is 16.5. The molecule has 0 saturated carbocycles. The molecule has 0 bridgehead atoms. The van der Waals surface area contributed by atoms with Gasteiger partial charge in [0.25, 0.3) is 0 Å². The molecule has 0 spiro atoms. The van der Waals surface area contributed by atoms with E-state index in [-0.39, 0.29) is 13.7 Å². The van der Waals surface area contributed by atoms with Crippen molar-refractivity contribution in [1.82, 2.24) is 9.97 Å². The average molecular weight is 394 g/mol. The molecule has 3 aromatic rings. The number of hydrogen-bond acceptors (Lipinski definition) is 7. The predicted octanol–water partition coefficient (Wildman–Crippen LogP) is 4.25. The number of nitrogens with zero attached hydrogens (tertiary/aromatic N) is 2. The Kier molecular flexibility index (Phi) is 5.76. The lowest BCUT2D eigenvalue weighted by molar-refractivity contribution is 0.0918. The van der Waals surface area contributed by atoms with Gasteiger partial charge in [-0.2, -0.15) is 0 Å². The summed E-state index contributed by atoms with van der Waals surface area (Å²) in [6.07, 6.45) is 3.05. The van der Waals surface area contributed by atoms with Crippen molar-refractivity contribution in [3.63, 3.8) is 0 Å². The molecule has 2 heterocycles. The van der Waals surface area contributed by atoms with E-state index >= 15 is 0 Å². The van der Waals surface area contributed by atoms with Gasteiger partial charge in [0, 0.05) is 20.2 Å². The minimum atomic E-state index is -0.151. The molecule has 2 N–H and O–H groups in total. The van der Waals surface area contributed by atoms with Crippen LogP contribution in [0.3, 0.4) is 0 Å². The average Bonchev–Trinajstić information content (AvgIpc) is 3.17. The van der Waals surface area contributed by atoms with E-state index < -0.39 is 0 Å². The van der Waals surface area contributed by atoms with Crippen LogP contribution in [0, 0.1) is 0 Å². The van der Waals surface area contributed by atoms with Crippen molar-refractivity contribution in [2.45, 2.75) is 25.8 Å². The second-order valence-corrected chi connectivity index (χ2v) is 6.90. The molecule has 1 aliphatic rings. The van der Waals surface area contributed by atoms with Crippen LogP contribution in [0.5, 0.6) is 11.5 Å². The third-order valence-electron chi connectivity index (χ3n) is 4.52. The van der Waals surface area contributed by atoms with Gasteiger partial charge in [-0.3, -0.25) is 0 Å².